The van der Waals surface area contributed by atoms with Gasteiger partial charge in [0.05, 0.1) is 5.75 Å². The van der Waals surface area contributed by atoms with Gasteiger partial charge in [0.1, 0.15) is 0 Å². The number of amides is 1. The van der Waals surface area contributed by atoms with Crippen molar-refractivity contribution in [3.8, 4) is 0 Å². The molecule has 2 rings (SSSR count). The highest BCUT2D eigenvalue weighted by atomic mass is 32.2. The molecule has 1 amide bonds. The molecule has 0 bridgehead atoms. The third kappa shape index (κ3) is 6.53. The molecule has 1 atom stereocenters. The van der Waals surface area contributed by atoms with E-state index in [0.717, 1.165) is 26.1 Å². The fourth-order valence-corrected chi connectivity index (χ4v) is 5.47. The van der Waals surface area contributed by atoms with E-state index in [4.69, 9.17) is 0 Å². The van der Waals surface area contributed by atoms with Gasteiger partial charge >= 0.3 is 0 Å². The number of nitrogens with zero attached hydrogens (tertiary/aromatic N) is 2. The van der Waals surface area contributed by atoms with Crippen LogP contribution in [-0.4, -0.2) is 68.0 Å². The standard InChI is InChI=1S/C18H35N3O3S/c1-3-4-14-25(23,24)21-12-8-17(9-13-21)18(22)19-16(2)15-20-10-6-5-7-11-20/h16-17H,3-15H2,1-2H3,(H,19,22). The van der Waals surface area contributed by atoms with Crippen LogP contribution in [0.25, 0.3) is 0 Å². The second-order valence-corrected chi connectivity index (χ2v) is 9.70. The number of rotatable bonds is 8. The van der Waals surface area contributed by atoms with Gasteiger partial charge in [0.15, 0.2) is 0 Å². The number of sulfonamides is 1. The largest absolute Gasteiger partial charge is 0.352 e. The average molecular weight is 374 g/mol. The zero-order chi connectivity index (χ0) is 18.3. The average Bonchev–Trinajstić information content (AvgIpc) is 2.61. The third-order valence-corrected chi connectivity index (χ3v) is 7.30. The van der Waals surface area contributed by atoms with Crippen LogP contribution in [0, 0.1) is 5.92 Å². The zero-order valence-corrected chi connectivity index (χ0v) is 16.7. The van der Waals surface area contributed by atoms with E-state index in [1.165, 1.54) is 19.3 Å². The number of carbonyl (C=O) groups excluding carboxylic acids is 1. The molecule has 2 aliphatic rings. The first-order valence-corrected chi connectivity index (χ1v) is 11.5. The van der Waals surface area contributed by atoms with Crippen molar-refractivity contribution in [3.05, 3.63) is 0 Å². The van der Waals surface area contributed by atoms with Crippen molar-refractivity contribution in [1.82, 2.24) is 14.5 Å². The minimum Gasteiger partial charge on any atom is -0.352 e. The highest BCUT2D eigenvalue weighted by Gasteiger charge is 2.31. The maximum Gasteiger partial charge on any atom is 0.223 e. The van der Waals surface area contributed by atoms with Gasteiger partial charge < -0.3 is 10.2 Å². The van der Waals surface area contributed by atoms with Gasteiger partial charge in [-0.15, -0.1) is 0 Å². The number of likely N-dealkylation sites (tertiary alicyclic amines) is 1. The van der Waals surface area contributed by atoms with Crippen molar-refractivity contribution >= 4 is 15.9 Å². The van der Waals surface area contributed by atoms with E-state index in [1.54, 1.807) is 4.31 Å². The Labute approximate surface area is 153 Å². The Morgan fingerprint density at radius 2 is 1.76 bits per heavy atom. The SMILES string of the molecule is CCCCS(=O)(=O)N1CCC(C(=O)NC(C)CN2CCCCC2)CC1. The van der Waals surface area contributed by atoms with Gasteiger partial charge in [-0.25, -0.2) is 12.7 Å². The van der Waals surface area contributed by atoms with E-state index in [9.17, 15) is 13.2 Å². The smallest absolute Gasteiger partial charge is 0.223 e. The van der Waals surface area contributed by atoms with Crippen LogP contribution >= 0.6 is 0 Å². The van der Waals surface area contributed by atoms with E-state index in [2.05, 4.69) is 17.1 Å². The fourth-order valence-electron chi connectivity index (χ4n) is 3.79. The van der Waals surface area contributed by atoms with Gasteiger partial charge in [-0.2, -0.15) is 0 Å². The monoisotopic (exact) mass is 373 g/mol. The van der Waals surface area contributed by atoms with E-state index in [1.807, 2.05) is 6.92 Å². The quantitative estimate of drug-likeness (QED) is 0.705. The number of nitrogens with one attached hydrogen (secondary N) is 1. The summed E-state index contributed by atoms with van der Waals surface area (Å²) in [6, 6.07) is 0.150. The lowest BCUT2D eigenvalue weighted by Gasteiger charge is -2.32. The third-order valence-electron chi connectivity index (χ3n) is 5.34. The van der Waals surface area contributed by atoms with Crippen molar-refractivity contribution in [2.45, 2.75) is 64.8 Å². The molecule has 0 spiro atoms. The van der Waals surface area contributed by atoms with Gasteiger partial charge in [-0.1, -0.05) is 19.8 Å². The van der Waals surface area contributed by atoms with E-state index < -0.39 is 10.0 Å². The predicted molar refractivity (Wildman–Crippen MR) is 101 cm³/mol. The Balaban J connectivity index is 1.73. The Morgan fingerprint density at radius 3 is 2.36 bits per heavy atom. The molecule has 2 saturated heterocycles. The second kappa shape index (κ2) is 9.88. The summed E-state index contributed by atoms with van der Waals surface area (Å²) in [6.07, 6.45) is 6.68. The number of piperidine rings is 2. The van der Waals surface area contributed by atoms with Gasteiger partial charge in [0.25, 0.3) is 0 Å². The Kier molecular flexibility index (Phi) is 8.16. The molecule has 7 heteroatoms. The van der Waals surface area contributed by atoms with Gasteiger partial charge in [0.2, 0.25) is 15.9 Å². The summed E-state index contributed by atoms with van der Waals surface area (Å²) in [5, 5.41) is 3.14. The first kappa shape index (κ1) is 20.6. The number of hydrogen-bond donors (Lipinski definition) is 1. The summed E-state index contributed by atoms with van der Waals surface area (Å²) >= 11 is 0. The number of unbranched alkanes of at least 4 members (excludes halogenated alkanes) is 1. The molecule has 25 heavy (non-hydrogen) atoms. The Morgan fingerprint density at radius 1 is 1.12 bits per heavy atom. The predicted octanol–water partition coefficient (Wildman–Crippen LogP) is 1.82. The van der Waals surface area contributed by atoms with Gasteiger partial charge in [0, 0.05) is 31.6 Å². The van der Waals surface area contributed by atoms with Crippen LogP contribution in [0.1, 0.15) is 58.8 Å². The molecule has 0 aromatic heterocycles. The number of carbonyl (C=O) groups is 1. The molecule has 1 unspecified atom stereocenters. The van der Waals surface area contributed by atoms with Crippen LogP contribution in [0.5, 0.6) is 0 Å². The van der Waals surface area contributed by atoms with Gasteiger partial charge in [-0.05, 0) is 52.1 Å². The van der Waals surface area contributed by atoms with E-state index in [0.29, 0.717) is 32.4 Å². The maximum absolute atomic E-state index is 12.5. The summed E-state index contributed by atoms with van der Waals surface area (Å²) in [7, 11) is -3.14. The highest BCUT2D eigenvalue weighted by Crippen LogP contribution is 2.21. The summed E-state index contributed by atoms with van der Waals surface area (Å²) in [5.74, 6) is 0.268. The summed E-state index contributed by atoms with van der Waals surface area (Å²) in [4.78, 5) is 14.9. The topological polar surface area (TPSA) is 69.7 Å². The summed E-state index contributed by atoms with van der Waals surface area (Å²) in [6.45, 7) is 8.20. The molecular weight excluding hydrogens is 338 g/mol. The number of hydrogen-bond acceptors (Lipinski definition) is 4. The fraction of sp³-hybridized carbons (Fsp3) is 0.944. The molecule has 0 aromatic carbocycles. The molecule has 0 saturated carbocycles. The van der Waals surface area contributed by atoms with Crippen molar-refractivity contribution < 1.29 is 13.2 Å². The van der Waals surface area contributed by atoms with Crippen molar-refractivity contribution in [1.29, 1.82) is 0 Å². The molecule has 146 valence electrons. The normalized spacial score (nSPS) is 22.6. The lowest BCUT2D eigenvalue weighted by molar-refractivity contribution is -0.126. The Bertz CT molecular complexity index is 510. The molecule has 0 aliphatic carbocycles. The summed E-state index contributed by atoms with van der Waals surface area (Å²) in [5.41, 5.74) is 0. The minimum atomic E-state index is -3.14. The maximum atomic E-state index is 12.5. The molecule has 0 radical (unpaired) electrons. The molecule has 2 aliphatic heterocycles. The molecule has 0 aromatic rings. The lowest BCUT2D eigenvalue weighted by Crippen LogP contribution is -2.48. The first-order chi connectivity index (χ1) is 11.9. The lowest BCUT2D eigenvalue weighted by atomic mass is 9.97. The van der Waals surface area contributed by atoms with E-state index >= 15 is 0 Å². The molecule has 1 N–H and O–H groups in total. The summed E-state index contributed by atoms with van der Waals surface area (Å²) < 4.78 is 26.1. The highest BCUT2D eigenvalue weighted by molar-refractivity contribution is 7.89. The van der Waals surface area contributed by atoms with Crippen LogP contribution in [0.15, 0.2) is 0 Å². The molecule has 2 fully saturated rings. The Hall–Kier alpha value is -0.660. The van der Waals surface area contributed by atoms with Crippen LogP contribution < -0.4 is 5.32 Å². The minimum absolute atomic E-state index is 0.0542. The van der Waals surface area contributed by atoms with Crippen LogP contribution in [0.3, 0.4) is 0 Å². The van der Waals surface area contributed by atoms with Crippen molar-refractivity contribution in [2.75, 3.05) is 38.5 Å². The van der Waals surface area contributed by atoms with Crippen LogP contribution in [-0.2, 0) is 14.8 Å². The van der Waals surface area contributed by atoms with Crippen molar-refractivity contribution in [2.24, 2.45) is 5.92 Å². The van der Waals surface area contributed by atoms with Crippen LogP contribution in [0.4, 0.5) is 0 Å². The van der Waals surface area contributed by atoms with Crippen LogP contribution in [0.2, 0.25) is 0 Å². The van der Waals surface area contributed by atoms with Gasteiger partial charge in [-0.3, -0.25) is 4.79 Å². The molecule has 2 heterocycles. The molecular formula is C18H35N3O3S. The zero-order valence-electron chi connectivity index (χ0n) is 15.9. The van der Waals surface area contributed by atoms with Crippen molar-refractivity contribution in [3.63, 3.8) is 0 Å². The van der Waals surface area contributed by atoms with E-state index in [-0.39, 0.29) is 23.6 Å². The first-order valence-electron chi connectivity index (χ1n) is 9.93. The second-order valence-electron chi connectivity index (χ2n) is 7.61. The molecule has 6 nitrogen and oxygen atoms in total.